The van der Waals surface area contributed by atoms with E-state index in [0.29, 0.717) is 11.3 Å². The molecule has 0 spiro atoms. The van der Waals surface area contributed by atoms with E-state index >= 15 is 0 Å². The molecule has 0 amide bonds. The van der Waals surface area contributed by atoms with Crippen LogP contribution in [0.3, 0.4) is 0 Å². The number of hydrogen-bond acceptors (Lipinski definition) is 5. The second kappa shape index (κ2) is 7.09. The number of nitrogens with zero attached hydrogens (tertiary/aromatic N) is 1. The van der Waals surface area contributed by atoms with Crippen molar-refractivity contribution in [3.8, 4) is 11.3 Å². The third-order valence-corrected chi connectivity index (χ3v) is 3.62. The topological polar surface area (TPSA) is 69.4 Å². The molecule has 1 heterocycles. The zero-order valence-electron chi connectivity index (χ0n) is 13.4. The quantitative estimate of drug-likeness (QED) is 0.522. The number of esters is 1. The van der Waals surface area contributed by atoms with Crippen molar-refractivity contribution in [2.75, 3.05) is 6.61 Å². The lowest BCUT2D eigenvalue weighted by Gasteiger charge is -2.05. The van der Waals surface area contributed by atoms with Crippen LogP contribution in [0.25, 0.3) is 11.3 Å². The van der Waals surface area contributed by atoms with Gasteiger partial charge in [-0.25, -0.2) is 9.18 Å². The number of hydrogen-bond donors (Lipinski definition) is 0. The van der Waals surface area contributed by atoms with E-state index in [0.717, 1.165) is 0 Å². The van der Waals surface area contributed by atoms with Gasteiger partial charge in [-0.05, 0) is 19.1 Å². The van der Waals surface area contributed by atoms with Gasteiger partial charge in [-0.3, -0.25) is 4.79 Å². The number of carbonyl (C=O) groups is 2. The van der Waals surface area contributed by atoms with Crippen LogP contribution >= 0.6 is 0 Å². The number of halogens is 1. The van der Waals surface area contributed by atoms with E-state index in [1.807, 2.05) is 6.07 Å². The van der Waals surface area contributed by atoms with E-state index in [-0.39, 0.29) is 16.9 Å². The number of aromatic nitrogens is 1. The van der Waals surface area contributed by atoms with E-state index in [4.69, 9.17) is 9.26 Å². The van der Waals surface area contributed by atoms with Gasteiger partial charge in [0.1, 0.15) is 22.8 Å². The number of ether oxygens (including phenoxy) is 1. The Kier molecular flexibility index (Phi) is 4.70. The third-order valence-electron chi connectivity index (χ3n) is 3.62. The first-order valence-corrected chi connectivity index (χ1v) is 7.54. The summed E-state index contributed by atoms with van der Waals surface area (Å²) in [6.45, 7) is 1.01. The summed E-state index contributed by atoms with van der Waals surface area (Å²) in [5.41, 5.74) is 1.04. The zero-order chi connectivity index (χ0) is 17.8. The Hall–Kier alpha value is -3.28. The van der Waals surface area contributed by atoms with Gasteiger partial charge in [0.25, 0.3) is 0 Å². The molecule has 0 aliphatic heterocycles. The van der Waals surface area contributed by atoms with E-state index < -0.39 is 24.2 Å². The summed E-state index contributed by atoms with van der Waals surface area (Å²) in [5, 5.41) is 3.89. The minimum Gasteiger partial charge on any atom is -0.454 e. The minimum absolute atomic E-state index is 0.124. The lowest BCUT2D eigenvalue weighted by atomic mass is 10.1. The minimum atomic E-state index is -0.748. The Bertz CT molecular complexity index is 918. The lowest BCUT2D eigenvalue weighted by Crippen LogP contribution is -2.16. The van der Waals surface area contributed by atoms with Gasteiger partial charge in [-0.1, -0.05) is 47.6 Å². The second-order valence-electron chi connectivity index (χ2n) is 5.31. The molecule has 126 valence electrons. The van der Waals surface area contributed by atoms with Crippen LogP contribution in [0.2, 0.25) is 0 Å². The van der Waals surface area contributed by atoms with E-state index in [1.54, 1.807) is 31.2 Å². The van der Waals surface area contributed by atoms with Crippen molar-refractivity contribution in [1.29, 1.82) is 0 Å². The first-order chi connectivity index (χ1) is 12.1. The first kappa shape index (κ1) is 16.6. The number of carbonyl (C=O) groups excluding carboxylic acids is 2. The molecule has 3 rings (SSSR count). The highest BCUT2D eigenvalue weighted by Crippen LogP contribution is 2.25. The molecule has 3 aromatic rings. The molecule has 0 aliphatic rings. The SMILES string of the molecule is Cc1onc(-c2ccccc2)c1C(=O)OCC(=O)c1ccccc1F. The fourth-order valence-electron chi connectivity index (χ4n) is 2.37. The molecule has 25 heavy (non-hydrogen) atoms. The number of rotatable bonds is 5. The molecule has 6 heteroatoms. The summed E-state index contributed by atoms with van der Waals surface area (Å²) in [5.74, 6) is -1.75. The third kappa shape index (κ3) is 3.47. The predicted octanol–water partition coefficient (Wildman–Crippen LogP) is 3.83. The molecule has 0 bridgehead atoms. The molecule has 2 aromatic carbocycles. The number of aryl methyl sites for hydroxylation is 1. The smallest absolute Gasteiger partial charge is 0.344 e. The van der Waals surface area contributed by atoms with Gasteiger partial charge in [0, 0.05) is 5.56 Å². The van der Waals surface area contributed by atoms with Crippen LogP contribution in [-0.2, 0) is 4.74 Å². The Morgan fingerprint density at radius 2 is 1.76 bits per heavy atom. The molecule has 5 nitrogen and oxygen atoms in total. The van der Waals surface area contributed by atoms with Crippen molar-refractivity contribution >= 4 is 11.8 Å². The standard InChI is InChI=1S/C19H14FNO4/c1-12-17(18(21-25-12)13-7-3-2-4-8-13)19(23)24-11-16(22)14-9-5-6-10-15(14)20/h2-10H,11H2,1H3. The summed E-state index contributed by atoms with van der Waals surface area (Å²) < 4.78 is 23.7. The highest BCUT2D eigenvalue weighted by atomic mass is 19.1. The maximum atomic E-state index is 13.6. The average molecular weight is 339 g/mol. The molecule has 0 fully saturated rings. The van der Waals surface area contributed by atoms with E-state index in [1.165, 1.54) is 24.3 Å². The summed E-state index contributed by atoms with van der Waals surface area (Å²) in [4.78, 5) is 24.4. The fourth-order valence-corrected chi connectivity index (χ4v) is 2.37. The van der Waals surface area contributed by atoms with Crippen LogP contribution in [0, 0.1) is 12.7 Å². The molecule has 0 atom stereocenters. The summed E-state index contributed by atoms with van der Waals surface area (Å²) in [7, 11) is 0. The molecular weight excluding hydrogens is 325 g/mol. The Morgan fingerprint density at radius 3 is 2.48 bits per heavy atom. The Labute approximate surface area is 143 Å². The van der Waals surface area contributed by atoms with Crippen LogP contribution < -0.4 is 0 Å². The summed E-state index contributed by atoms with van der Waals surface area (Å²) in [6.07, 6.45) is 0. The zero-order valence-corrected chi connectivity index (χ0v) is 13.4. The monoisotopic (exact) mass is 339 g/mol. The molecule has 0 N–H and O–H groups in total. The van der Waals surface area contributed by atoms with Crippen molar-refractivity contribution in [3.63, 3.8) is 0 Å². The lowest BCUT2D eigenvalue weighted by molar-refractivity contribution is 0.0472. The average Bonchev–Trinajstić information content (AvgIpc) is 3.02. The van der Waals surface area contributed by atoms with Gasteiger partial charge in [0.15, 0.2) is 6.61 Å². The summed E-state index contributed by atoms with van der Waals surface area (Å²) in [6, 6.07) is 14.5. The van der Waals surface area contributed by atoms with Gasteiger partial charge < -0.3 is 9.26 Å². The largest absolute Gasteiger partial charge is 0.454 e. The molecule has 0 radical (unpaired) electrons. The fraction of sp³-hybridized carbons (Fsp3) is 0.105. The Morgan fingerprint density at radius 1 is 1.08 bits per heavy atom. The molecule has 0 saturated heterocycles. The number of benzene rings is 2. The number of ketones is 1. The van der Waals surface area contributed by atoms with Crippen LogP contribution in [0.1, 0.15) is 26.5 Å². The predicted molar refractivity (Wildman–Crippen MR) is 87.7 cm³/mol. The maximum absolute atomic E-state index is 13.6. The van der Waals surface area contributed by atoms with Crippen LogP contribution in [0.4, 0.5) is 4.39 Å². The first-order valence-electron chi connectivity index (χ1n) is 7.54. The normalized spacial score (nSPS) is 10.5. The van der Waals surface area contributed by atoms with Crippen molar-refractivity contribution in [2.45, 2.75) is 6.92 Å². The van der Waals surface area contributed by atoms with Gasteiger partial charge >= 0.3 is 5.97 Å². The molecule has 1 aromatic heterocycles. The number of Topliss-reactive ketones (excluding diaryl/α,β-unsaturated/α-hetero) is 1. The van der Waals surface area contributed by atoms with Crippen LogP contribution in [-0.4, -0.2) is 23.5 Å². The van der Waals surface area contributed by atoms with Gasteiger partial charge in [0.2, 0.25) is 5.78 Å². The molecular formula is C19H14FNO4. The highest BCUT2D eigenvalue weighted by molar-refractivity contribution is 6.01. The van der Waals surface area contributed by atoms with E-state index in [9.17, 15) is 14.0 Å². The summed E-state index contributed by atoms with van der Waals surface area (Å²) >= 11 is 0. The van der Waals surface area contributed by atoms with Crippen molar-refractivity contribution < 1.29 is 23.2 Å². The van der Waals surface area contributed by atoms with Gasteiger partial charge in [-0.15, -0.1) is 0 Å². The van der Waals surface area contributed by atoms with E-state index in [2.05, 4.69) is 5.16 Å². The maximum Gasteiger partial charge on any atom is 0.344 e. The van der Waals surface area contributed by atoms with Gasteiger partial charge in [-0.2, -0.15) is 0 Å². The highest BCUT2D eigenvalue weighted by Gasteiger charge is 2.24. The van der Waals surface area contributed by atoms with Crippen LogP contribution in [0.15, 0.2) is 59.1 Å². The molecule has 0 saturated carbocycles. The van der Waals surface area contributed by atoms with Crippen molar-refractivity contribution in [2.24, 2.45) is 0 Å². The molecule has 0 aliphatic carbocycles. The second-order valence-corrected chi connectivity index (χ2v) is 5.31. The van der Waals surface area contributed by atoms with Crippen LogP contribution in [0.5, 0.6) is 0 Å². The van der Waals surface area contributed by atoms with Gasteiger partial charge in [0.05, 0.1) is 5.56 Å². The Balaban J connectivity index is 1.78. The van der Waals surface area contributed by atoms with Crippen molar-refractivity contribution in [3.05, 3.63) is 77.3 Å². The molecule has 0 unspecified atom stereocenters. The van der Waals surface area contributed by atoms with Crippen molar-refractivity contribution in [1.82, 2.24) is 5.16 Å².